The lowest BCUT2D eigenvalue weighted by atomic mass is 9.93. The molecule has 0 spiro atoms. The van der Waals surface area contributed by atoms with Gasteiger partial charge in [0.25, 0.3) is 0 Å². The van der Waals surface area contributed by atoms with Gasteiger partial charge < -0.3 is 10.1 Å². The summed E-state index contributed by atoms with van der Waals surface area (Å²) in [5.41, 5.74) is 0.125. The fourth-order valence-corrected chi connectivity index (χ4v) is 2.20. The van der Waals surface area contributed by atoms with Crippen molar-refractivity contribution in [2.75, 3.05) is 13.7 Å². The molecule has 114 valence electrons. The normalized spacial score (nSPS) is 14.1. The molecule has 0 aliphatic rings. The molecule has 0 radical (unpaired) electrons. The molecule has 1 rings (SSSR count). The first-order valence-corrected chi connectivity index (χ1v) is 7.29. The molecular formula is C16H25F2NO. The summed E-state index contributed by atoms with van der Waals surface area (Å²) in [6.07, 6.45) is 2.64. The maximum absolute atomic E-state index is 14.2. The number of halogens is 2. The van der Waals surface area contributed by atoms with Gasteiger partial charge in [0.1, 0.15) is 17.4 Å². The van der Waals surface area contributed by atoms with Crippen molar-refractivity contribution in [3.8, 4) is 5.75 Å². The summed E-state index contributed by atoms with van der Waals surface area (Å²) >= 11 is 0. The van der Waals surface area contributed by atoms with E-state index in [0.717, 1.165) is 25.8 Å². The molecule has 0 bridgehead atoms. The molecule has 0 aliphatic heterocycles. The predicted molar refractivity (Wildman–Crippen MR) is 78.0 cm³/mol. The van der Waals surface area contributed by atoms with E-state index in [1.807, 2.05) is 6.92 Å². The molecule has 2 atom stereocenters. The topological polar surface area (TPSA) is 21.3 Å². The summed E-state index contributed by atoms with van der Waals surface area (Å²) in [5, 5.41) is 3.25. The van der Waals surface area contributed by atoms with Gasteiger partial charge >= 0.3 is 0 Å². The number of rotatable bonds is 8. The van der Waals surface area contributed by atoms with Crippen LogP contribution in [0.3, 0.4) is 0 Å². The van der Waals surface area contributed by atoms with Gasteiger partial charge in [-0.3, -0.25) is 0 Å². The van der Waals surface area contributed by atoms with Crippen LogP contribution in [-0.4, -0.2) is 13.7 Å². The Balaban J connectivity index is 3.05. The second kappa shape index (κ2) is 8.20. The van der Waals surface area contributed by atoms with E-state index in [1.165, 1.54) is 19.2 Å². The van der Waals surface area contributed by atoms with Gasteiger partial charge in [0.05, 0.1) is 7.11 Å². The fraction of sp³-hybridized carbons (Fsp3) is 0.625. The van der Waals surface area contributed by atoms with Gasteiger partial charge in [-0.25, -0.2) is 8.78 Å². The highest BCUT2D eigenvalue weighted by atomic mass is 19.1. The van der Waals surface area contributed by atoms with E-state index in [1.54, 1.807) is 0 Å². The number of hydrogen-bond donors (Lipinski definition) is 1. The van der Waals surface area contributed by atoms with Crippen LogP contribution in [0.1, 0.15) is 51.6 Å². The van der Waals surface area contributed by atoms with Gasteiger partial charge in [-0.2, -0.15) is 0 Å². The summed E-state index contributed by atoms with van der Waals surface area (Å²) in [5.74, 6) is -0.468. The van der Waals surface area contributed by atoms with Gasteiger partial charge in [-0.05, 0) is 25.3 Å². The Hall–Kier alpha value is -1.16. The first kappa shape index (κ1) is 16.9. The van der Waals surface area contributed by atoms with Gasteiger partial charge in [-0.1, -0.05) is 27.2 Å². The molecule has 0 heterocycles. The van der Waals surface area contributed by atoms with Crippen LogP contribution >= 0.6 is 0 Å². The quantitative estimate of drug-likeness (QED) is 0.762. The van der Waals surface area contributed by atoms with Crippen LogP contribution < -0.4 is 10.1 Å². The first-order chi connectivity index (χ1) is 9.53. The summed E-state index contributed by atoms with van der Waals surface area (Å²) in [7, 11) is 1.40. The molecule has 0 saturated carbocycles. The summed E-state index contributed by atoms with van der Waals surface area (Å²) < 4.78 is 33.2. The average molecular weight is 285 g/mol. The molecule has 1 N–H and O–H groups in total. The monoisotopic (exact) mass is 285 g/mol. The minimum Gasteiger partial charge on any atom is -0.497 e. The molecule has 2 nitrogen and oxygen atoms in total. The molecule has 4 heteroatoms. The molecule has 2 unspecified atom stereocenters. The van der Waals surface area contributed by atoms with E-state index >= 15 is 0 Å². The maximum atomic E-state index is 14.2. The average Bonchev–Trinajstić information content (AvgIpc) is 2.43. The molecule has 20 heavy (non-hydrogen) atoms. The van der Waals surface area contributed by atoms with E-state index in [0.29, 0.717) is 5.92 Å². The standard InChI is InChI=1S/C16H25F2NO/c1-5-7-19-15(8-11(3)6-2)16-13(17)9-12(20-4)10-14(16)18/h9-11,15,19H,5-8H2,1-4H3. The predicted octanol–water partition coefficient (Wildman–Crippen LogP) is 4.45. The van der Waals surface area contributed by atoms with Crippen molar-refractivity contribution in [1.82, 2.24) is 5.32 Å². The van der Waals surface area contributed by atoms with Crippen LogP contribution in [0.15, 0.2) is 12.1 Å². The Morgan fingerprint density at radius 1 is 1.20 bits per heavy atom. The lowest BCUT2D eigenvalue weighted by Crippen LogP contribution is -2.26. The second-order valence-electron chi connectivity index (χ2n) is 5.26. The van der Waals surface area contributed by atoms with Gasteiger partial charge in [0.2, 0.25) is 0 Å². The molecular weight excluding hydrogens is 260 g/mol. The fourth-order valence-electron chi connectivity index (χ4n) is 2.20. The lowest BCUT2D eigenvalue weighted by Gasteiger charge is -2.23. The number of hydrogen-bond acceptors (Lipinski definition) is 2. The van der Waals surface area contributed by atoms with E-state index in [4.69, 9.17) is 4.74 Å². The Morgan fingerprint density at radius 2 is 1.80 bits per heavy atom. The van der Waals surface area contributed by atoms with Crippen molar-refractivity contribution >= 4 is 0 Å². The van der Waals surface area contributed by atoms with Crippen LogP contribution in [-0.2, 0) is 0 Å². The Kier molecular flexibility index (Phi) is 6.93. The third kappa shape index (κ3) is 4.44. The summed E-state index contributed by atoms with van der Waals surface area (Å²) in [6, 6.07) is 2.20. The number of ether oxygens (including phenoxy) is 1. The van der Waals surface area contributed by atoms with Crippen LogP contribution in [0, 0.1) is 17.6 Å². The summed E-state index contributed by atoms with van der Waals surface area (Å²) in [6.45, 7) is 6.96. The highest BCUT2D eigenvalue weighted by Crippen LogP contribution is 2.30. The van der Waals surface area contributed by atoms with Crippen molar-refractivity contribution in [2.45, 2.75) is 46.1 Å². The van der Waals surface area contributed by atoms with Gasteiger partial charge in [0, 0.05) is 23.7 Å². The minimum absolute atomic E-state index is 0.125. The zero-order valence-electron chi connectivity index (χ0n) is 12.8. The number of methoxy groups -OCH3 is 1. The van der Waals surface area contributed by atoms with Crippen molar-refractivity contribution in [3.63, 3.8) is 0 Å². The molecule has 1 aromatic rings. The van der Waals surface area contributed by atoms with Crippen molar-refractivity contribution in [1.29, 1.82) is 0 Å². The Bertz CT molecular complexity index is 400. The maximum Gasteiger partial charge on any atom is 0.134 e. The molecule has 1 aromatic carbocycles. The van der Waals surface area contributed by atoms with Crippen molar-refractivity contribution in [2.24, 2.45) is 5.92 Å². The van der Waals surface area contributed by atoms with Crippen LogP contribution in [0.4, 0.5) is 8.78 Å². The van der Waals surface area contributed by atoms with Gasteiger partial charge in [0.15, 0.2) is 0 Å². The molecule has 0 fully saturated rings. The summed E-state index contributed by atoms with van der Waals surface area (Å²) in [4.78, 5) is 0. The SMILES string of the molecule is CCCNC(CC(C)CC)c1c(F)cc(OC)cc1F. The Morgan fingerprint density at radius 3 is 2.25 bits per heavy atom. The number of nitrogens with one attached hydrogen (secondary N) is 1. The second-order valence-corrected chi connectivity index (χ2v) is 5.26. The van der Waals surface area contributed by atoms with Gasteiger partial charge in [-0.15, -0.1) is 0 Å². The van der Waals surface area contributed by atoms with E-state index in [-0.39, 0.29) is 17.4 Å². The van der Waals surface area contributed by atoms with Crippen LogP contribution in [0.5, 0.6) is 5.75 Å². The van der Waals surface area contributed by atoms with Crippen molar-refractivity contribution in [3.05, 3.63) is 29.3 Å². The first-order valence-electron chi connectivity index (χ1n) is 7.29. The smallest absolute Gasteiger partial charge is 0.134 e. The van der Waals surface area contributed by atoms with Crippen LogP contribution in [0.2, 0.25) is 0 Å². The third-order valence-electron chi connectivity index (χ3n) is 3.61. The molecule has 0 amide bonds. The molecule has 0 aliphatic carbocycles. The zero-order valence-corrected chi connectivity index (χ0v) is 12.8. The minimum atomic E-state index is -0.543. The number of benzene rings is 1. The van der Waals surface area contributed by atoms with E-state index in [9.17, 15) is 8.78 Å². The largest absolute Gasteiger partial charge is 0.497 e. The Labute approximate surface area is 120 Å². The lowest BCUT2D eigenvalue weighted by molar-refractivity contribution is 0.371. The highest BCUT2D eigenvalue weighted by Gasteiger charge is 2.22. The van der Waals surface area contributed by atoms with E-state index < -0.39 is 11.6 Å². The van der Waals surface area contributed by atoms with E-state index in [2.05, 4.69) is 19.2 Å². The van der Waals surface area contributed by atoms with Crippen molar-refractivity contribution < 1.29 is 13.5 Å². The molecule has 0 aromatic heterocycles. The zero-order chi connectivity index (χ0) is 15.1. The third-order valence-corrected chi connectivity index (χ3v) is 3.61. The highest BCUT2D eigenvalue weighted by molar-refractivity contribution is 5.32. The molecule has 0 saturated heterocycles. The van der Waals surface area contributed by atoms with Crippen LogP contribution in [0.25, 0.3) is 0 Å².